The minimum atomic E-state index is 1.23. The highest BCUT2D eigenvalue weighted by atomic mass is 128. The summed E-state index contributed by atoms with van der Waals surface area (Å²) in [4.78, 5) is 3.21. The lowest BCUT2D eigenvalue weighted by Gasteiger charge is -2.15. The molecular formula is C7H20I2N2+2. The van der Waals surface area contributed by atoms with Crippen molar-refractivity contribution in [2.45, 2.75) is 13.8 Å². The molecule has 0 heterocycles. The topological polar surface area (TPSA) is 8.88 Å². The molecule has 0 aliphatic carbocycles. The predicted molar refractivity (Wildman–Crippen MR) is 67.8 cm³/mol. The van der Waals surface area contributed by atoms with E-state index in [4.69, 9.17) is 0 Å². The van der Waals surface area contributed by atoms with Gasteiger partial charge in [0.2, 0.25) is 6.67 Å². The Kier molecular flexibility index (Phi) is 15.4. The Balaban J connectivity index is 0. The molecule has 2 atom stereocenters. The van der Waals surface area contributed by atoms with Crippen molar-refractivity contribution >= 4 is 37.2 Å². The van der Waals surface area contributed by atoms with E-state index in [2.05, 4.69) is 65.2 Å². The van der Waals surface area contributed by atoms with Gasteiger partial charge in [0.05, 0.1) is 27.2 Å². The van der Waals surface area contributed by atoms with Crippen molar-refractivity contribution < 1.29 is 9.80 Å². The van der Waals surface area contributed by atoms with Gasteiger partial charge in [0.1, 0.15) is 0 Å². The molecule has 0 aromatic rings. The summed E-state index contributed by atoms with van der Waals surface area (Å²) in [6.07, 6.45) is 0. The van der Waals surface area contributed by atoms with E-state index in [9.17, 15) is 0 Å². The summed E-state index contributed by atoms with van der Waals surface area (Å²) >= 11 is 4.24. The van der Waals surface area contributed by atoms with E-state index in [-0.39, 0.29) is 0 Å². The molecule has 0 saturated carbocycles. The van der Waals surface area contributed by atoms with Gasteiger partial charge < -0.3 is 0 Å². The van der Waals surface area contributed by atoms with Crippen LogP contribution in [-0.4, -0.2) is 33.9 Å². The normalized spacial score (nSPS) is 14.7. The molecule has 0 amide bonds. The molecular weight excluding hydrogens is 366 g/mol. The lowest BCUT2D eigenvalue weighted by Crippen LogP contribution is -3.28. The maximum Gasteiger partial charge on any atom is 0.203 e. The number of nitrogens with one attached hydrogen (secondary N) is 2. The van der Waals surface area contributed by atoms with Crippen LogP contribution in [0.3, 0.4) is 0 Å². The van der Waals surface area contributed by atoms with Gasteiger partial charge in [0.15, 0.2) is 0 Å². The molecule has 0 aromatic heterocycles. The van der Waals surface area contributed by atoms with Crippen LogP contribution in [0.25, 0.3) is 0 Å². The van der Waals surface area contributed by atoms with Crippen LogP contribution < -0.4 is 9.80 Å². The van der Waals surface area contributed by atoms with Crippen molar-refractivity contribution in [2.24, 2.45) is 0 Å². The SMILES string of the molecule is CC[NH+](C)C[NH+](C)CC.II. The van der Waals surface area contributed by atoms with Gasteiger partial charge in [-0.15, -0.1) is 0 Å². The fraction of sp³-hybridized carbons (Fsp3) is 1.00. The van der Waals surface area contributed by atoms with Crippen LogP contribution in [0.2, 0.25) is 0 Å². The van der Waals surface area contributed by atoms with Gasteiger partial charge in [-0.05, 0) is 13.8 Å². The summed E-state index contributed by atoms with van der Waals surface area (Å²) in [6, 6.07) is 0. The number of rotatable bonds is 4. The smallest absolute Gasteiger partial charge is 0.203 e. The van der Waals surface area contributed by atoms with E-state index < -0.39 is 0 Å². The fourth-order valence-electron chi connectivity index (χ4n) is 0.765. The van der Waals surface area contributed by atoms with Crippen molar-refractivity contribution in [1.29, 1.82) is 0 Å². The quantitative estimate of drug-likeness (QED) is 0.489. The van der Waals surface area contributed by atoms with Crippen molar-refractivity contribution in [1.82, 2.24) is 0 Å². The Morgan fingerprint density at radius 1 is 0.909 bits per heavy atom. The highest BCUT2D eigenvalue weighted by molar-refractivity contribution is 15.0. The van der Waals surface area contributed by atoms with Crippen LogP contribution >= 0.6 is 37.2 Å². The molecule has 0 spiro atoms. The fourth-order valence-corrected chi connectivity index (χ4v) is 0.765. The summed E-state index contributed by atoms with van der Waals surface area (Å²) in [7, 11) is 4.47. The van der Waals surface area contributed by atoms with Crippen molar-refractivity contribution in [2.75, 3.05) is 33.9 Å². The first kappa shape index (κ1) is 14.9. The Morgan fingerprint density at radius 3 is 1.36 bits per heavy atom. The minimum absolute atomic E-state index is 1.23. The second kappa shape index (κ2) is 11.4. The van der Waals surface area contributed by atoms with E-state index in [1.54, 1.807) is 9.80 Å². The van der Waals surface area contributed by atoms with Crippen LogP contribution in [0.5, 0.6) is 0 Å². The minimum Gasteiger partial charge on any atom is -0.291 e. The van der Waals surface area contributed by atoms with Gasteiger partial charge >= 0.3 is 0 Å². The molecule has 0 saturated heterocycles. The van der Waals surface area contributed by atoms with Crippen molar-refractivity contribution in [3.63, 3.8) is 0 Å². The van der Waals surface area contributed by atoms with E-state index in [1.807, 2.05) is 0 Å². The molecule has 0 aliphatic heterocycles. The molecule has 0 rings (SSSR count). The van der Waals surface area contributed by atoms with E-state index in [0.29, 0.717) is 0 Å². The molecule has 0 bridgehead atoms. The molecule has 0 radical (unpaired) electrons. The molecule has 2 unspecified atom stereocenters. The molecule has 2 N–H and O–H groups in total. The van der Waals surface area contributed by atoms with Gasteiger partial charge in [-0.3, -0.25) is 9.80 Å². The monoisotopic (exact) mass is 386 g/mol. The van der Waals surface area contributed by atoms with Crippen LogP contribution in [0.15, 0.2) is 0 Å². The first-order valence-corrected chi connectivity index (χ1v) is 10.3. The van der Waals surface area contributed by atoms with Crippen molar-refractivity contribution in [3.8, 4) is 0 Å². The average Bonchev–Trinajstić information content (AvgIpc) is 2.07. The molecule has 11 heavy (non-hydrogen) atoms. The van der Waals surface area contributed by atoms with Crippen molar-refractivity contribution in [3.05, 3.63) is 0 Å². The summed E-state index contributed by atoms with van der Waals surface area (Å²) in [5, 5.41) is 0. The zero-order chi connectivity index (χ0) is 9.28. The third kappa shape index (κ3) is 11.4. The highest BCUT2D eigenvalue weighted by Crippen LogP contribution is 1.89. The molecule has 2 nitrogen and oxygen atoms in total. The van der Waals surface area contributed by atoms with Crippen LogP contribution in [0, 0.1) is 0 Å². The number of hydrogen-bond donors (Lipinski definition) is 2. The molecule has 0 aliphatic rings. The van der Waals surface area contributed by atoms with Crippen LogP contribution in [0.1, 0.15) is 13.8 Å². The molecule has 70 valence electrons. The maximum absolute atomic E-state index is 2.24. The number of hydrogen-bond acceptors (Lipinski definition) is 0. The average molecular weight is 386 g/mol. The number of halogens is 2. The lowest BCUT2D eigenvalue weighted by molar-refractivity contribution is -1.07. The highest BCUT2D eigenvalue weighted by Gasteiger charge is 2.02. The van der Waals surface area contributed by atoms with E-state index >= 15 is 0 Å². The summed E-state index contributed by atoms with van der Waals surface area (Å²) in [6.45, 7) is 8.15. The first-order chi connectivity index (χ1) is 5.20. The zero-order valence-corrected chi connectivity index (χ0v) is 12.2. The summed E-state index contributed by atoms with van der Waals surface area (Å²) in [5.41, 5.74) is 0. The Morgan fingerprint density at radius 2 is 1.18 bits per heavy atom. The van der Waals surface area contributed by atoms with Gasteiger partial charge in [0, 0.05) is 37.2 Å². The van der Waals surface area contributed by atoms with Gasteiger partial charge in [-0.25, -0.2) is 0 Å². The predicted octanol–water partition coefficient (Wildman–Crippen LogP) is -0.215. The Labute approximate surface area is 94.0 Å². The third-order valence-corrected chi connectivity index (χ3v) is 1.81. The van der Waals surface area contributed by atoms with Gasteiger partial charge in [-0.1, -0.05) is 0 Å². The summed E-state index contributed by atoms with van der Waals surface area (Å²) in [5.74, 6) is 0. The second-order valence-electron chi connectivity index (χ2n) is 2.80. The lowest BCUT2D eigenvalue weighted by atomic mass is 10.6. The van der Waals surface area contributed by atoms with Gasteiger partial charge in [-0.2, -0.15) is 0 Å². The number of quaternary nitrogens is 2. The largest absolute Gasteiger partial charge is 0.291 e. The standard InChI is InChI=1S/C7H18N2.I2/c1-5-8(3)7-9(4)6-2;1-2/h5-7H2,1-4H3;/p+2. The van der Waals surface area contributed by atoms with E-state index in [1.165, 1.54) is 19.8 Å². The molecule has 0 fully saturated rings. The Hall–Kier alpha value is 1.38. The van der Waals surface area contributed by atoms with Crippen LogP contribution in [0.4, 0.5) is 0 Å². The zero-order valence-electron chi connectivity index (χ0n) is 7.88. The van der Waals surface area contributed by atoms with Crippen LogP contribution in [-0.2, 0) is 0 Å². The molecule has 4 heteroatoms. The van der Waals surface area contributed by atoms with Gasteiger partial charge in [0.25, 0.3) is 0 Å². The maximum atomic E-state index is 2.24. The van der Waals surface area contributed by atoms with E-state index in [0.717, 1.165) is 0 Å². The molecule has 0 aromatic carbocycles. The second-order valence-corrected chi connectivity index (χ2v) is 2.80. The summed E-state index contributed by atoms with van der Waals surface area (Å²) < 4.78 is 0. The Bertz CT molecular complexity index is 63.5. The first-order valence-electron chi connectivity index (χ1n) is 3.97. The third-order valence-electron chi connectivity index (χ3n) is 1.81.